The molecule has 3 N–H and O–H groups in total. The van der Waals surface area contributed by atoms with Gasteiger partial charge in [0, 0.05) is 17.2 Å². The summed E-state index contributed by atoms with van der Waals surface area (Å²) in [6.07, 6.45) is 2.76. The molecule has 0 saturated heterocycles. The standard InChI is InChI=1S/C11H17BrN2O3/c1-2-3-14-5-8(12)4-10(14)11(17)13-9(6-15)7-16/h4-5,9,15-16H,2-3,6-7H2,1H3,(H,13,17). The van der Waals surface area contributed by atoms with Gasteiger partial charge in [-0.3, -0.25) is 4.79 Å². The molecule has 1 heterocycles. The van der Waals surface area contributed by atoms with Gasteiger partial charge in [0.2, 0.25) is 0 Å². The fourth-order valence-corrected chi connectivity index (χ4v) is 1.96. The summed E-state index contributed by atoms with van der Waals surface area (Å²) in [5, 5.41) is 20.4. The topological polar surface area (TPSA) is 74.5 Å². The van der Waals surface area contributed by atoms with E-state index in [4.69, 9.17) is 10.2 Å². The maximum absolute atomic E-state index is 11.9. The fraction of sp³-hybridized carbons (Fsp3) is 0.545. The largest absolute Gasteiger partial charge is 0.394 e. The van der Waals surface area contributed by atoms with Gasteiger partial charge in [-0.1, -0.05) is 6.92 Å². The molecule has 96 valence electrons. The number of nitrogens with one attached hydrogen (secondary N) is 1. The molecule has 17 heavy (non-hydrogen) atoms. The van der Waals surface area contributed by atoms with Crippen LogP contribution in [0.4, 0.5) is 0 Å². The molecule has 0 aliphatic carbocycles. The molecule has 6 heteroatoms. The van der Waals surface area contributed by atoms with Crippen molar-refractivity contribution in [1.82, 2.24) is 9.88 Å². The van der Waals surface area contributed by atoms with Crippen LogP contribution in [-0.4, -0.2) is 39.9 Å². The zero-order valence-electron chi connectivity index (χ0n) is 9.69. The zero-order chi connectivity index (χ0) is 12.8. The van der Waals surface area contributed by atoms with Crippen molar-refractivity contribution in [3.05, 3.63) is 22.4 Å². The average molecular weight is 305 g/mol. The predicted octanol–water partition coefficient (Wildman–Crippen LogP) is 0.744. The summed E-state index contributed by atoms with van der Waals surface area (Å²) >= 11 is 3.32. The van der Waals surface area contributed by atoms with Crippen LogP contribution in [0.25, 0.3) is 0 Å². The Hall–Kier alpha value is -0.850. The lowest BCUT2D eigenvalue weighted by molar-refractivity contribution is 0.0870. The molecule has 0 spiro atoms. The number of carbonyl (C=O) groups is 1. The number of carbonyl (C=O) groups excluding carboxylic acids is 1. The molecule has 1 amide bonds. The lowest BCUT2D eigenvalue weighted by Crippen LogP contribution is -2.40. The van der Waals surface area contributed by atoms with Crippen molar-refractivity contribution >= 4 is 21.8 Å². The molecule has 0 atom stereocenters. The van der Waals surface area contributed by atoms with Gasteiger partial charge in [0.25, 0.3) is 5.91 Å². The van der Waals surface area contributed by atoms with Crippen LogP contribution >= 0.6 is 15.9 Å². The number of aliphatic hydroxyl groups excluding tert-OH is 2. The van der Waals surface area contributed by atoms with E-state index in [1.807, 2.05) is 17.7 Å². The van der Waals surface area contributed by atoms with Crippen molar-refractivity contribution in [2.75, 3.05) is 13.2 Å². The predicted molar refractivity (Wildman–Crippen MR) is 67.8 cm³/mol. The van der Waals surface area contributed by atoms with Crippen LogP contribution in [0.5, 0.6) is 0 Å². The van der Waals surface area contributed by atoms with E-state index in [2.05, 4.69) is 21.2 Å². The quantitative estimate of drug-likeness (QED) is 0.726. The monoisotopic (exact) mass is 304 g/mol. The van der Waals surface area contributed by atoms with E-state index >= 15 is 0 Å². The van der Waals surface area contributed by atoms with Crippen LogP contribution in [0, 0.1) is 0 Å². The molecule has 5 nitrogen and oxygen atoms in total. The fourth-order valence-electron chi connectivity index (χ4n) is 1.50. The summed E-state index contributed by atoms with van der Waals surface area (Å²) in [6, 6.07) is 1.10. The third kappa shape index (κ3) is 3.83. The van der Waals surface area contributed by atoms with Crippen LogP contribution in [0.2, 0.25) is 0 Å². The first-order chi connectivity index (χ1) is 8.12. The first-order valence-corrected chi connectivity index (χ1v) is 6.29. The molecule has 0 aliphatic heterocycles. The third-order valence-electron chi connectivity index (χ3n) is 2.34. The molecular formula is C11H17BrN2O3. The molecule has 0 bridgehead atoms. The minimum Gasteiger partial charge on any atom is -0.394 e. The minimum atomic E-state index is -0.619. The Balaban J connectivity index is 2.80. The normalized spacial score (nSPS) is 10.9. The Kier molecular flexibility index (Phi) is 5.67. The maximum Gasteiger partial charge on any atom is 0.268 e. The van der Waals surface area contributed by atoms with Crippen molar-refractivity contribution in [1.29, 1.82) is 0 Å². The maximum atomic E-state index is 11.9. The Morgan fingerprint density at radius 3 is 2.71 bits per heavy atom. The number of aliphatic hydroxyl groups is 2. The van der Waals surface area contributed by atoms with Crippen LogP contribution in [-0.2, 0) is 6.54 Å². The zero-order valence-corrected chi connectivity index (χ0v) is 11.3. The van der Waals surface area contributed by atoms with E-state index in [0.29, 0.717) is 5.69 Å². The van der Waals surface area contributed by atoms with Gasteiger partial charge in [0.1, 0.15) is 5.69 Å². The number of aryl methyl sites for hydroxylation is 1. The third-order valence-corrected chi connectivity index (χ3v) is 2.77. The summed E-state index contributed by atoms with van der Waals surface area (Å²) in [6.45, 7) is 2.22. The first-order valence-electron chi connectivity index (χ1n) is 5.50. The van der Waals surface area contributed by atoms with E-state index in [-0.39, 0.29) is 19.1 Å². The summed E-state index contributed by atoms with van der Waals surface area (Å²) in [4.78, 5) is 11.9. The Morgan fingerprint density at radius 1 is 1.53 bits per heavy atom. The average Bonchev–Trinajstić information content (AvgIpc) is 2.67. The van der Waals surface area contributed by atoms with E-state index in [9.17, 15) is 4.79 Å². The Bertz CT molecular complexity index is 375. The first kappa shape index (κ1) is 14.2. The van der Waals surface area contributed by atoms with Crippen molar-refractivity contribution in [2.24, 2.45) is 0 Å². The van der Waals surface area contributed by atoms with Gasteiger partial charge in [-0.25, -0.2) is 0 Å². The highest BCUT2D eigenvalue weighted by Gasteiger charge is 2.16. The molecular weight excluding hydrogens is 288 g/mol. The molecule has 1 rings (SSSR count). The van der Waals surface area contributed by atoms with Crippen LogP contribution in [0.1, 0.15) is 23.8 Å². The lowest BCUT2D eigenvalue weighted by Gasteiger charge is -2.14. The van der Waals surface area contributed by atoms with E-state index in [1.54, 1.807) is 6.07 Å². The Morgan fingerprint density at radius 2 is 2.18 bits per heavy atom. The highest BCUT2D eigenvalue weighted by Crippen LogP contribution is 2.15. The summed E-state index contributed by atoms with van der Waals surface area (Å²) in [5.41, 5.74) is 0.519. The van der Waals surface area contributed by atoms with Crippen molar-refractivity contribution in [3.8, 4) is 0 Å². The smallest absolute Gasteiger partial charge is 0.268 e. The molecule has 0 radical (unpaired) electrons. The summed E-state index contributed by atoms with van der Waals surface area (Å²) in [7, 11) is 0. The van der Waals surface area contributed by atoms with Gasteiger partial charge in [-0.15, -0.1) is 0 Å². The molecule has 0 aliphatic rings. The molecule has 1 aromatic rings. The second kappa shape index (κ2) is 6.78. The van der Waals surface area contributed by atoms with Gasteiger partial charge in [-0.05, 0) is 28.4 Å². The summed E-state index contributed by atoms with van der Waals surface area (Å²) in [5.74, 6) is -0.294. The van der Waals surface area contributed by atoms with Crippen LogP contribution in [0.15, 0.2) is 16.7 Å². The number of nitrogens with zero attached hydrogens (tertiary/aromatic N) is 1. The van der Waals surface area contributed by atoms with Gasteiger partial charge in [-0.2, -0.15) is 0 Å². The lowest BCUT2D eigenvalue weighted by atomic mass is 10.3. The number of halogens is 1. The van der Waals surface area contributed by atoms with Crippen molar-refractivity contribution in [3.63, 3.8) is 0 Å². The number of aromatic nitrogens is 1. The number of amides is 1. The molecule has 0 saturated carbocycles. The highest BCUT2D eigenvalue weighted by molar-refractivity contribution is 9.10. The van der Waals surface area contributed by atoms with E-state index in [1.165, 1.54) is 0 Å². The molecule has 0 unspecified atom stereocenters. The van der Waals surface area contributed by atoms with Crippen LogP contribution < -0.4 is 5.32 Å². The molecule has 0 aromatic carbocycles. The Labute approximate surface area is 109 Å². The highest BCUT2D eigenvalue weighted by atomic mass is 79.9. The SMILES string of the molecule is CCCn1cc(Br)cc1C(=O)NC(CO)CO. The molecule has 1 aromatic heterocycles. The second-order valence-corrected chi connectivity index (χ2v) is 4.69. The number of hydrogen-bond donors (Lipinski definition) is 3. The van der Waals surface area contributed by atoms with Gasteiger partial charge >= 0.3 is 0 Å². The van der Waals surface area contributed by atoms with Crippen LogP contribution in [0.3, 0.4) is 0 Å². The summed E-state index contributed by atoms with van der Waals surface area (Å²) < 4.78 is 2.67. The van der Waals surface area contributed by atoms with Gasteiger partial charge < -0.3 is 20.1 Å². The minimum absolute atomic E-state index is 0.280. The van der Waals surface area contributed by atoms with Crippen molar-refractivity contribution in [2.45, 2.75) is 25.9 Å². The van der Waals surface area contributed by atoms with Gasteiger partial charge in [0.05, 0.1) is 19.3 Å². The second-order valence-electron chi connectivity index (χ2n) is 3.77. The number of hydrogen-bond acceptors (Lipinski definition) is 3. The van der Waals surface area contributed by atoms with E-state index < -0.39 is 6.04 Å². The molecule has 0 fully saturated rings. The van der Waals surface area contributed by atoms with Crippen molar-refractivity contribution < 1.29 is 15.0 Å². The van der Waals surface area contributed by atoms with E-state index in [0.717, 1.165) is 17.4 Å². The van der Waals surface area contributed by atoms with Gasteiger partial charge in [0.15, 0.2) is 0 Å². The number of rotatable bonds is 6.